The summed E-state index contributed by atoms with van der Waals surface area (Å²) in [7, 11) is -4.61. The number of nitrogens with one attached hydrogen (secondary N) is 3. The Hall–Kier alpha value is -5.58. The first-order valence-electron chi connectivity index (χ1n) is 23.5. The first-order chi connectivity index (χ1) is 31.6. The summed E-state index contributed by atoms with van der Waals surface area (Å²) in [6.07, 6.45) is 12.9. The van der Waals surface area contributed by atoms with Crippen molar-refractivity contribution >= 4 is 44.2 Å². The summed E-state index contributed by atoms with van der Waals surface area (Å²) < 4.78 is 42.2. The smallest absolute Gasteiger partial charge is 0.312 e. The number of nitrogens with zero attached hydrogens (tertiary/aromatic N) is 5. The van der Waals surface area contributed by atoms with Gasteiger partial charge in [0.1, 0.15) is 22.0 Å². The average molecular weight is 919 g/mol. The van der Waals surface area contributed by atoms with E-state index in [4.69, 9.17) is 9.47 Å². The Kier molecular flexibility index (Phi) is 12.6. The molecule has 2 atom stereocenters. The molecule has 0 bridgehead atoms. The minimum Gasteiger partial charge on any atom is -0.455 e. The van der Waals surface area contributed by atoms with Crippen molar-refractivity contribution in [1.29, 1.82) is 0 Å². The second kappa shape index (κ2) is 18.2. The van der Waals surface area contributed by atoms with Crippen LogP contribution in [0.25, 0.3) is 11.0 Å². The molecule has 2 saturated carbocycles. The number of hydrogen-bond acceptors (Lipinski definition) is 12. The topological polar surface area (TPSA) is 185 Å². The third-order valence-electron chi connectivity index (χ3n) is 14.9. The molecule has 4 aliphatic rings. The van der Waals surface area contributed by atoms with Crippen LogP contribution in [0.5, 0.6) is 11.5 Å². The normalized spacial score (nSPS) is 21.5. The van der Waals surface area contributed by atoms with Gasteiger partial charge in [-0.3, -0.25) is 19.8 Å². The third kappa shape index (κ3) is 9.50. The van der Waals surface area contributed by atoms with E-state index in [1.165, 1.54) is 17.3 Å². The van der Waals surface area contributed by atoms with E-state index in [1.807, 2.05) is 12.1 Å². The number of H-pyrrole nitrogens is 1. The molecule has 15 nitrogen and oxygen atoms in total. The van der Waals surface area contributed by atoms with Gasteiger partial charge in [-0.1, -0.05) is 52.0 Å². The number of morpholine rings is 1. The molecular weight excluding hydrogens is 857 g/mol. The van der Waals surface area contributed by atoms with Crippen molar-refractivity contribution in [3.8, 4) is 11.5 Å². The van der Waals surface area contributed by atoms with E-state index in [1.54, 1.807) is 24.4 Å². The van der Waals surface area contributed by atoms with Gasteiger partial charge in [0.05, 0.1) is 41.6 Å². The molecule has 5 aromatic rings. The highest BCUT2D eigenvalue weighted by atomic mass is 32.2. The van der Waals surface area contributed by atoms with Crippen LogP contribution in [0.4, 0.5) is 17.2 Å². The zero-order valence-corrected chi connectivity index (χ0v) is 39.4. The van der Waals surface area contributed by atoms with Gasteiger partial charge in [0.2, 0.25) is 5.82 Å². The van der Waals surface area contributed by atoms with Crippen molar-refractivity contribution in [2.45, 2.75) is 115 Å². The highest BCUT2D eigenvalue weighted by Gasteiger charge is 2.50. The van der Waals surface area contributed by atoms with Gasteiger partial charge in [0.25, 0.3) is 15.9 Å². The molecule has 2 aliphatic heterocycles. The molecule has 66 heavy (non-hydrogen) atoms. The molecule has 1 amide bonds. The summed E-state index contributed by atoms with van der Waals surface area (Å²) in [4.78, 5) is 41.7. The highest BCUT2D eigenvalue weighted by molar-refractivity contribution is 7.90. The number of aromatic amines is 1. The molecule has 350 valence electrons. The number of carbonyl (C=O) groups excluding carboxylic acids is 1. The van der Waals surface area contributed by atoms with Crippen LogP contribution >= 0.6 is 0 Å². The molecule has 3 N–H and O–H groups in total. The quantitative estimate of drug-likeness (QED) is 0.0752. The van der Waals surface area contributed by atoms with E-state index in [0.29, 0.717) is 35.8 Å². The number of fused-ring (bicyclic) bond motifs is 1. The van der Waals surface area contributed by atoms with E-state index in [2.05, 4.69) is 93.7 Å². The van der Waals surface area contributed by atoms with Gasteiger partial charge >= 0.3 is 5.69 Å². The predicted octanol–water partition coefficient (Wildman–Crippen LogP) is 9.74. The monoisotopic (exact) mass is 918 g/mol. The molecule has 16 heteroatoms. The molecule has 2 saturated heterocycles. The van der Waals surface area contributed by atoms with Crippen LogP contribution in [-0.2, 0) is 14.8 Å². The fourth-order valence-corrected chi connectivity index (χ4v) is 11.8. The Bertz CT molecular complexity index is 2700. The number of nitro groups is 1. The van der Waals surface area contributed by atoms with Gasteiger partial charge in [0, 0.05) is 61.6 Å². The molecular formula is C50H62N8O7S. The number of pyridine rings is 2. The number of carbonyl (C=O) groups is 1. The number of sulfonamides is 1. The summed E-state index contributed by atoms with van der Waals surface area (Å²) >= 11 is 0. The second-order valence-corrected chi connectivity index (χ2v) is 21.9. The molecule has 5 heterocycles. The number of piperidine rings is 1. The largest absolute Gasteiger partial charge is 0.455 e. The lowest BCUT2D eigenvalue weighted by atomic mass is 9.59. The number of hydrogen-bond donors (Lipinski definition) is 3. The SMILES string of the molecule is CC(C)c1ccccc1[C@@H]1C(C)OCCN1C1CC2(CCN(c3ccc(C(=O)NS(=O)(=O)c4cnc(NCC5CCC(C)(C)CC5)c([N+](=O)[O-])c4)c(Oc4cnc5[nH]ccc5c4)c3)CC2)C1. The lowest BCUT2D eigenvalue weighted by molar-refractivity contribution is -0.384. The van der Waals surface area contributed by atoms with E-state index >= 15 is 0 Å². The minimum atomic E-state index is -4.61. The summed E-state index contributed by atoms with van der Waals surface area (Å²) in [5.74, 6) is 0.283. The van der Waals surface area contributed by atoms with Crippen molar-refractivity contribution in [2.75, 3.05) is 43.0 Å². The van der Waals surface area contributed by atoms with Crippen molar-refractivity contribution < 1.29 is 27.6 Å². The van der Waals surface area contributed by atoms with Crippen LogP contribution < -0.4 is 19.7 Å². The minimum absolute atomic E-state index is 0.0150. The Morgan fingerprint density at radius 1 is 1.00 bits per heavy atom. The van der Waals surface area contributed by atoms with Crippen LogP contribution in [0.2, 0.25) is 0 Å². The third-order valence-corrected chi connectivity index (χ3v) is 16.2. The van der Waals surface area contributed by atoms with Crippen LogP contribution in [0.15, 0.2) is 84.1 Å². The summed E-state index contributed by atoms with van der Waals surface area (Å²) in [5, 5.41) is 16.1. The second-order valence-electron chi connectivity index (χ2n) is 20.2. The van der Waals surface area contributed by atoms with Gasteiger partial charge in [-0.2, -0.15) is 0 Å². The zero-order valence-electron chi connectivity index (χ0n) is 38.6. The van der Waals surface area contributed by atoms with Crippen LogP contribution in [0.1, 0.15) is 119 Å². The zero-order chi connectivity index (χ0) is 46.4. The first kappa shape index (κ1) is 45.6. The van der Waals surface area contributed by atoms with Gasteiger partial charge in [-0.05, 0) is 116 Å². The maximum Gasteiger partial charge on any atom is 0.312 e. The summed E-state index contributed by atoms with van der Waals surface area (Å²) in [6.45, 7) is 15.0. The van der Waals surface area contributed by atoms with Gasteiger partial charge < -0.3 is 24.7 Å². The molecule has 9 rings (SSSR count). The number of ether oxygens (including phenoxy) is 2. The number of benzene rings is 2. The lowest BCUT2D eigenvalue weighted by Crippen LogP contribution is -2.59. The highest BCUT2D eigenvalue weighted by Crippen LogP contribution is 2.54. The fourth-order valence-electron chi connectivity index (χ4n) is 10.9. The number of amides is 1. The Morgan fingerprint density at radius 2 is 1.76 bits per heavy atom. The van der Waals surface area contributed by atoms with E-state index in [0.717, 1.165) is 101 Å². The van der Waals surface area contributed by atoms with E-state index in [-0.39, 0.29) is 40.1 Å². The Labute approximate surface area is 387 Å². The van der Waals surface area contributed by atoms with Crippen LogP contribution in [0.3, 0.4) is 0 Å². The lowest BCUT2D eigenvalue weighted by Gasteiger charge is -2.58. The van der Waals surface area contributed by atoms with Crippen molar-refractivity contribution in [3.05, 3.63) is 106 Å². The van der Waals surface area contributed by atoms with Gasteiger partial charge in [-0.15, -0.1) is 0 Å². The number of anilines is 2. The Morgan fingerprint density at radius 3 is 2.50 bits per heavy atom. The van der Waals surface area contributed by atoms with Crippen molar-refractivity contribution in [1.82, 2.24) is 24.6 Å². The fraction of sp³-hybridized carbons (Fsp3) is 0.500. The maximum atomic E-state index is 14.0. The van der Waals surface area contributed by atoms with Crippen LogP contribution in [0, 0.1) is 26.9 Å². The van der Waals surface area contributed by atoms with Crippen LogP contribution in [-0.4, -0.2) is 84.0 Å². The average Bonchev–Trinajstić information content (AvgIpc) is 3.76. The molecule has 2 aliphatic carbocycles. The van der Waals surface area contributed by atoms with E-state index < -0.39 is 31.4 Å². The standard InChI is InChI=1S/C50H62N8O7S/c1-32(2)40-8-6-7-9-41(40)45-33(3)64-23-22-57(45)37-27-50(28-37)17-20-56(21-18-50)36-10-11-42(44(25-36)65-38-24-35-14-19-51-46(35)53-30-38)48(59)55-66(62,63)39-26-43(58(60)61)47(54-31-39)52-29-34-12-15-49(4,5)16-13-34/h6-11,14,19,24-26,30-34,37,45H,12-13,15-18,20-23,27-29H2,1-5H3,(H,51,53)(H,52,54)(H,55,59)/t33?,45-/m0/s1. The molecule has 1 unspecified atom stereocenters. The molecule has 1 spiro atoms. The van der Waals surface area contributed by atoms with Crippen molar-refractivity contribution in [3.63, 3.8) is 0 Å². The molecule has 2 aromatic carbocycles. The number of aromatic nitrogens is 3. The number of rotatable bonds is 13. The molecule has 3 aromatic heterocycles. The summed E-state index contributed by atoms with van der Waals surface area (Å²) in [6, 6.07) is 19.3. The molecule has 4 fully saturated rings. The molecule has 0 radical (unpaired) electrons. The first-order valence-corrected chi connectivity index (χ1v) is 25.0. The van der Waals surface area contributed by atoms with Crippen molar-refractivity contribution in [2.24, 2.45) is 16.7 Å². The van der Waals surface area contributed by atoms with Gasteiger partial charge in [0.15, 0.2) is 0 Å². The van der Waals surface area contributed by atoms with Gasteiger partial charge in [-0.25, -0.2) is 23.1 Å². The Balaban J connectivity index is 0.901. The predicted molar refractivity (Wildman–Crippen MR) is 255 cm³/mol. The summed E-state index contributed by atoms with van der Waals surface area (Å²) in [5.41, 5.74) is 4.28. The maximum absolute atomic E-state index is 14.0. The van der Waals surface area contributed by atoms with E-state index in [9.17, 15) is 23.3 Å².